The first kappa shape index (κ1) is 25.6. The Hall–Kier alpha value is -3.03. The lowest BCUT2D eigenvalue weighted by atomic mass is 10.1. The molecule has 0 atom stereocenters. The van der Waals surface area contributed by atoms with Gasteiger partial charge in [-0.15, -0.1) is 0 Å². The third-order valence-electron chi connectivity index (χ3n) is 6.07. The second kappa shape index (κ2) is 12.0. The molecule has 0 aliphatic carbocycles. The first-order valence-corrected chi connectivity index (χ1v) is 13.5. The predicted octanol–water partition coefficient (Wildman–Crippen LogP) is 7.29. The number of nitrogens with zero attached hydrogens (tertiary/aromatic N) is 3. The topological polar surface area (TPSA) is 45.7 Å². The van der Waals surface area contributed by atoms with Crippen LogP contribution in [0.3, 0.4) is 0 Å². The summed E-state index contributed by atoms with van der Waals surface area (Å²) in [7, 11) is 0. The molecule has 0 radical (unpaired) electrons. The molecule has 1 aromatic heterocycles. The fourth-order valence-electron chi connectivity index (χ4n) is 4.08. The summed E-state index contributed by atoms with van der Waals surface area (Å²) in [5, 5.41) is 1.05. The van der Waals surface area contributed by atoms with Gasteiger partial charge in [-0.1, -0.05) is 65.3 Å². The average Bonchev–Trinajstić information content (AvgIpc) is 2.93. The lowest BCUT2D eigenvalue weighted by molar-refractivity contribution is 0.0628. The number of halogens is 2. The zero-order valence-corrected chi connectivity index (χ0v) is 22.3. The summed E-state index contributed by atoms with van der Waals surface area (Å²) in [5.74, 6) is 1.15. The van der Waals surface area contributed by atoms with Crippen molar-refractivity contribution >= 4 is 40.9 Å². The van der Waals surface area contributed by atoms with Crippen molar-refractivity contribution in [3.05, 3.63) is 112 Å². The molecule has 0 N–H and O–H groups in total. The molecular formula is C29H25Cl2N3O2S. The number of hydrogen-bond acceptors (Lipinski definition) is 5. The van der Waals surface area contributed by atoms with Gasteiger partial charge in [0.05, 0.1) is 10.0 Å². The minimum Gasteiger partial charge on any atom is -0.439 e. The first-order chi connectivity index (χ1) is 18.0. The van der Waals surface area contributed by atoms with Crippen LogP contribution in [0, 0.1) is 0 Å². The standard InChI is InChI=1S/C29H25Cl2N3O2S/c30-26-12-10-24(18-27(26)31)37-25-11-13-28(32-19-25)36-23-8-6-22(7-9-23)29(35)34-16-14-33(15-17-34)20-21-4-2-1-3-5-21/h1-13,18-19H,14-17,20H2. The molecule has 0 unspecified atom stereocenters. The highest BCUT2D eigenvalue weighted by Gasteiger charge is 2.22. The van der Waals surface area contributed by atoms with E-state index in [1.807, 2.05) is 47.4 Å². The second-order valence-electron chi connectivity index (χ2n) is 8.69. The van der Waals surface area contributed by atoms with E-state index in [2.05, 4.69) is 34.1 Å². The number of hydrogen-bond donors (Lipinski definition) is 0. The number of piperazine rings is 1. The highest BCUT2D eigenvalue weighted by Crippen LogP contribution is 2.33. The van der Waals surface area contributed by atoms with Crippen molar-refractivity contribution < 1.29 is 9.53 Å². The van der Waals surface area contributed by atoms with Gasteiger partial charge >= 0.3 is 0 Å². The molecule has 1 fully saturated rings. The zero-order chi connectivity index (χ0) is 25.6. The van der Waals surface area contributed by atoms with E-state index in [0.29, 0.717) is 27.2 Å². The van der Waals surface area contributed by atoms with Gasteiger partial charge in [0.15, 0.2) is 0 Å². The highest BCUT2D eigenvalue weighted by atomic mass is 35.5. The van der Waals surface area contributed by atoms with Crippen molar-refractivity contribution in [1.82, 2.24) is 14.8 Å². The SMILES string of the molecule is O=C(c1ccc(Oc2ccc(Sc3ccc(Cl)c(Cl)c3)cn2)cc1)N1CCN(Cc2ccccc2)CC1. The van der Waals surface area contributed by atoms with Gasteiger partial charge in [0.1, 0.15) is 5.75 Å². The molecule has 5 nitrogen and oxygen atoms in total. The number of rotatable bonds is 7. The normalized spacial score (nSPS) is 13.9. The lowest BCUT2D eigenvalue weighted by Crippen LogP contribution is -2.48. The Morgan fingerprint density at radius 2 is 1.57 bits per heavy atom. The molecule has 0 bridgehead atoms. The summed E-state index contributed by atoms with van der Waals surface area (Å²) in [6.07, 6.45) is 1.75. The summed E-state index contributed by atoms with van der Waals surface area (Å²) < 4.78 is 5.88. The Morgan fingerprint density at radius 1 is 0.838 bits per heavy atom. The summed E-state index contributed by atoms with van der Waals surface area (Å²) in [6.45, 7) is 4.10. The molecule has 8 heteroatoms. The summed E-state index contributed by atoms with van der Waals surface area (Å²) in [4.78, 5) is 23.6. The molecular weight excluding hydrogens is 525 g/mol. The molecule has 1 aliphatic rings. The zero-order valence-electron chi connectivity index (χ0n) is 20.0. The minimum atomic E-state index is 0.0488. The van der Waals surface area contributed by atoms with E-state index >= 15 is 0 Å². The summed E-state index contributed by atoms with van der Waals surface area (Å²) in [6, 6.07) is 26.9. The van der Waals surface area contributed by atoms with Crippen molar-refractivity contribution in [2.24, 2.45) is 0 Å². The molecule has 1 amide bonds. The number of carbonyl (C=O) groups excluding carboxylic acids is 1. The molecule has 188 valence electrons. The van der Waals surface area contributed by atoms with Gasteiger partial charge in [-0.25, -0.2) is 4.98 Å². The number of amides is 1. The van der Waals surface area contributed by atoms with Crippen LogP contribution in [0.2, 0.25) is 10.0 Å². The van der Waals surface area contributed by atoms with Gasteiger partial charge in [0, 0.05) is 60.3 Å². The van der Waals surface area contributed by atoms with Crippen LogP contribution < -0.4 is 4.74 Å². The van der Waals surface area contributed by atoms with Gasteiger partial charge in [-0.05, 0) is 54.1 Å². The Bertz CT molecular complexity index is 1340. The quantitative estimate of drug-likeness (QED) is 0.242. The highest BCUT2D eigenvalue weighted by molar-refractivity contribution is 7.99. The molecule has 37 heavy (non-hydrogen) atoms. The predicted molar refractivity (Wildman–Crippen MR) is 149 cm³/mol. The number of carbonyl (C=O) groups is 1. The monoisotopic (exact) mass is 549 g/mol. The largest absolute Gasteiger partial charge is 0.439 e. The fourth-order valence-corrected chi connectivity index (χ4v) is 5.27. The van der Waals surface area contributed by atoms with Crippen molar-refractivity contribution in [2.45, 2.75) is 16.3 Å². The van der Waals surface area contributed by atoms with E-state index < -0.39 is 0 Å². The van der Waals surface area contributed by atoms with E-state index in [9.17, 15) is 4.79 Å². The van der Waals surface area contributed by atoms with Crippen molar-refractivity contribution in [3.8, 4) is 11.6 Å². The minimum absolute atomic E-state index is 0.0488. The Kier molecular flexibility index (Phi) is 8.31. The van der Waals surface area contributed by atoms with E-state index in [4.69, 9.17) is 27.9 Å². The van der Waals surface area contributed by atoms with E-state index in [0.717, 1.165) is 42.5 Å². The number of ether oxygens (including phenoxy) is 1. The molecule has 1 aliphatic heterocycles. The maximum Gasteiger partial charge on any atom is 0.253 e. The fraction of sp³-hybridized carbons (Fsp3) is 0.172. The summed E-state index contributed by atoms with van der Waals surface area (Å²) in [5.41, 5.74) is 1.96. The Morgan fingerprint density at radius 3 is 2.24 bits per heavy atom. The van der Waals surface area contributed by atoms with Crippen LogP contribution >= 0.6 is 35.0 Å². The van der Waals surface area contributed by atoms with Crippen LogP contribution in [0.4, 0.5) is 0 Å². The smallest absolute Gasteiger partial charge is 0.253 e. The van der Waals surface area contributed by atoms with Gasteiger partial charge < -0.3 is 9.64 Å². The molecule has 1 saturated heterocycles. The van der Waals surface area contributed by atoms with Crippen molar-refractivity contribution in [2.75, 3.05) is 26.2 Å². The molecule has 4 aromatic rings. The van der Waals surface area contributed by atoms with Gasteiger partial charge in [0.2, 0.25) is 5.88 Å². The summed E-state index contributed by atoms with van der Waals surface area (Å²) >= 11 is 13.6. The van der Waals surface area contributed by atoms with Gasteiger partial charge in [-0.3, -0.25) is 9.69 Å². The van der Waals surface area contributed by atoms with Crippen molar-refractivity contribution in [1.29, 1.82) is 0 Å². The van der Waals surface area contributed by atoms with Crippen LogP contribution in [0.25, 0.3) is 0 Å². The molecule has 5 rings (SSSR count). The van der Waals surface area contributed by atoms with Crippen molar-refractivity contribution in [3.63, 3.8) is 0 Å². The third-order valence-corrected chi connectivity index (χ3v) is 7.77. The Balaban J connectivity index is 1.12. The van der Waals surface area contributed by atoms with Gasteiger partial charge in [-0.2, -0.15) is 0 Å². The molecule has 0 spiro atoms. The van der Waals surface area contributed by atoms with E-state index in [1.165, 1.54) is 17.3 Å². The van der Waals surface area contributed by atoms with Crippen LogP contribution in [0.1, 0.15) is 15.9 Å². The van der Waals surface area contributed by atoms with Crippen LogP contribution in [-0.2, 0) is 6.54 Å². The van der Waals surface area contributed by atoms with Crippen LogP contribution in [-0.4, -0.2) is 46.9 Å². The lowest BCUT2D eigenvalue weighted by Gasteiger charge is -2.34. The number of pyridine rings is 1. The molecule has 0 saturated carbocycles. The van der Waals surface area contributed by atoms with Crippen LogP contribution in [0.15, 0.2) is 101 Å². The first-order valence-electron chi connectivity index (χ1n) is 12.0. The number of aromatic nitrogens is 1. The van der Waals surface area contributed by atoms with E-state index in [1.54, 1.807) is 24.4 Å². The Labute approximate surface area is 231 Å². The van der Waals surface area contributed by atoms with Crippen LogP contribution in [0.5, 0.6) is 11.6 Å². The van der Waals surface area contributed by atoms with Gasteiger partial charge in [0.25, 0.3) is 5.91 Å². The molecule has 3 aromatic carbocycles. The second-order valence-corrected chi connectivity index (χ2v) is 10.7. The van der Waals surface area contributed by atoms with E-state index in [-0.39, 0.29) is 5.91 Å². The molecule has 2 heterocycles. The third kappa shape index (κ3) is 6.84. The average molecular weight is 551 g/mol. The maximum absolute atomic E-state index is 13.0. The maximum atomic E-state index is 13.0. The number of benzene rings is 3.